The van der Waals surface area contributed by atoms with Gasteiger partial charge in [0.25, 0.3) is 5.91 Å². The molecule has 1 N–H and O–H groups in total. The summed E-state index contributed by atoms with van der Waals surface area (Å²) in [6.07, 6.45) is 2.01. The van der Waals surface area contributed by atoms with E-state index in [1.807, 2.05) is 6.92 Å². The van der Waals surface area contributed by atoms with E-state index in [-0.39, 0.29) is 23.5 Å². The van der Waals surface area contributed by atoms with Gasteiger partial charge in [-0.15, -0.1) is 11.3 Å². The topological polar surface area (TPSA) is 73.6 Å². The molecule has 0 bridgehead atoms. The molecule has 2 atom stereocenters. The van der Waals surface area contributed by atoms with Gasteiger partial charge in [-0.25, -0.2) is 0 Å². The van der Waals surface area contributed by atoms with Crippen LogP contribution in [-0.2, 0) is 4.74 Å². The van der Waals surface area contributed by atoms with Gasteiger partial charge in [-0.2, -0.15) is 5.26 Å². The molecule has 0 aromatic carbocycles. The Morgan fingerprint density at radius 3 is 2.91 bits per heavy atom. The van der Waals surface area contributed by atoms with Crippen LogP contribution in [0.25, 0.3) is 0 Å². The van der Waals surface area contributed by atoms with Crippen LogP contribution in [0.5, 0.6) is 0 Å². The van der Waals surface area contributed by atoms with Crippen molar-refractivity contribution in [3.63, 3.8) is 0 Å². The molecule has 2 heterocycles. The number of ether oxygens (including phenoxy) is 1. The molecule has 1 aromatic heterocycles. The minimum absolute atomic E-state index is 0.0665. The molecule has 1 aromatic rings. The summed E-state index contributed by atoms with van der Waals surface area (Å²) in [6.45, 7) is 3.85. The van der Waals surface area contributed by atoms with Crippen molar-refractivity contribution in [1.29, 1.82) is 5.26 Å². The van der Waals surface area contributed by atoms with Crippen molar-refractivity contribution in [1.82, 2.24) is 4.90 Å². The van der Waals surface area contributed by atoms with Crippen molar-refractivity contribution < 1.29 is 14.6 Å². The molecular formula is C16H20N2O3S. The van der Waals surface area contributed by atoms with E-state index in [1.54, 1.807) is 16.3 Å². The number of thiophene rings is 1. The number of nitrogens with zero attached hydrogens (tertiary/aromatic N) is 2. The standard InChI is InChI=1S/C16H20N2O3S/c1-2-21-13-9-12(19)16(13)4-6-18(7-5-16)15(20)14-11(10-17)3-8-22-14/h3,8,12-13,19H,2,4-7,9H2,1H3/t12-,13-/m1/s1. The summed E-state index contributed by atoms with van der Waals surface area (Å²) in [7, 11) is 0. The van der Waals surface area contributed by atoms with Crippen molar-refractivity contribution in [2.45, 2.75) is 38.4 Å². The third kappa shape index (κ3) is 2.34. The van der Waals surface area contributed by atoms with Crippen LogP contribution in [0.2, 0.25) is 0 Å². The zero-order valence-electron chi connectivity index (χ0n) is 12.6. The Hall–Kier alpha value is -1.42. The maximum atomic E-state index is 12.5. The predicted molar refractivity (Wildman–Crippen MR) is 82.6 cm³/mol. The fourth-order valence-electron chi connectivity index (χ4n) is 3.65. The maximum absolute atomic E-state index is 12.5. The van der Waals surface area contributed by atoms with Gasteiger partial charge >= 0.3 is 0 Å². The van der Waals surface area contributed by atoms with Crippen LogP contribution < -0.4 is 0 Å². The van der Waals surface area contributed by atoms with Crippen LogP contribution in [0.3, 0.4) is 0 Å². The average Bonchev–Trinajstić information content (AvgIpc) is 3.03. The second-order valence-electron chi connectivity index (χ2n) is 6.00. The van der Waals surface area contributed by atoms with Gasteiger partial charge in [0.15, 0.2) is 0 Å². The monoisotopic (exact) mass is 320 g/mol. The van der Waals surface area contributed by atoms with E-state index in [0.717, 1.165) is 12.8 Å². The van der Waals surface area contributed by atoms with Gasteiger partial charge in [-0.05, 0) is 31.2 Å². The molecule has 22 heavy (non-hydrogen) atoms. The lowest BCUT2D eigenvalue weighted by atomic mass is 9.58. The number of nitriles is 1. The Kier molecular flexibility index (Phi) is 4.22. The zero-order chi connectivity index (χ0) is 15.7. The molecule has 5 nitrogen and oxygen atoms in total. The summed E-state index contributed by atoms with van der Waals surface area (Å²) in [5, 5.41) is 21.0. The van der Waals surface area contributed by atoms with Crippen LogP contribution in [-0.4, -0.2) is 47.8 Å². The van der Waals surface area contributed by atoms with Crippen molar-refractivity contribution in [2.24, 2.45) is 5.41 Å². The molecule has 1 aliphatic carbocycles. The maximum Gasteiger partial charge on any atom is 0.265 e. The third-order valence-electron chi connectivity index (χ3n) is 5.07. The Labute approximate surface area is 134 Å². The van der Waals surface area contributed by atoms with Gasteiger partial charge in [0.1, 0.15) is 10.9 Å². The lowest BCUT2D eigenvalue weighted by molar-refractivity contribution is -0.207. The van der Waals surface area contributed by atoms with Gasteiger partial charge < -0.3 is 14.7 Å². The number of amides is 1. The highest BCUT2D eigenvalue weighted by molar-refractivity contribution is 7.12. The SMILES string of the molecule is CCO[C@@H]1C[C@@H](O)C12CCN(C(=O)c1sccc1C#N)CC2. The lowest BCUT2D eigenvalue weighted by Gasteiger charge is -2.56. The van der Waals surface area contributed by atoms with Crippen molar-refractivity contribution in [3.8, 4) is 6.07 Å². The van der Waals surface area contributed by atoms with Crippen LogP contribution >= 0.6 is 11.3 Å². The molecule has 0 unspecified atom stereocenters. The number of hydrogen-bond donors (Lipinski definition) is 1. The Balaban J connectivity index is 1.67. The number of likely N-dealkylation sites (tertiary alicyclic amines) is 1. The fourth-order valence-corrected chi connectivity index (χ4v) is 4.46. The molecule has 0 radical (unpaired) electrons. The summed E-state index contributed by atoms with van der Waals surface area (Å²) < 4.78 is 5.74. The first-order chi connectivity index (χ1) is 10.6. The Morgan fingerprint density at radius 2 is 2.32 bits per heavy atom. The second kappa shape index (κ2) is 5.99. The van der Waals surface area contributed by atoms with Gasteiger partial charge in [-0.3, -0.25) is 4.79 Å². The number of hydrogen-bond acceptors (Lipinski definition) is 5. The highest BCUT2D eigenvalue weighted by atomic mass is 32.1. The fraction of sp³-hybridized carbons (Fsp3) is 0.625. The summed E-state index contributed by atoms with van der Waals surface area (Å²) in [4.78, 5) is 14.9. The third-order valence-corrected chi connectivity index (χ3v) is 5.97. The molecule has 1 spiro atoms. The highest BCUT2D eigenvalue weighted by Crippen LogP contribution is 2.51. The number of aliphatic hydroxyl groups excluding tert-OH is 1. The minimum atomic E-state index is -0.322. The molecule has 1 amide bonds. The number of carbonyl (C=O) groups excluding carboxylic acids is 1. The molecule has 2 fully saturated rings. The minimum Gasteiger partial charge on any atom is -0.392 e. The van der Waals surface area contributed by atoms with Gasteiger partial charge in [-0.1, -0.05) is 0 Å². The predicted octanol–water partition coefficient (Wildman–Crippen LogP) is 2.01. The molecule has 1 aliphatic heterocycles. The van der Waals surface area contributed by atoms with E-state index in [9.17, 15) is 9.90 Å². The van der Waals surface area contributed by atoms with E-state index >= 15 is 0 Å². The van der Waals surface area contributed by atoms with Crippen LogP contribution in [0, 0.1) is 16.7 Å². The van der Waals surface area contributed by atoms with Crippen molar-refractivity contribution in [3.05, 3.63) is 21.9 Å². The summed E-state index contributed by atoms with van der Waals surface area (Å²) in [5.41, 5.74) is 0.270. The van der Waals surface area contributed by atoms with Crippen molar-refractivity contribution >= 4 is 17.2 Å². The molecule has 6 heteroatoms. The molecule has 3 rings (SSSR count). The molecule has 1 saturated carbocycles. The van der Waals surface area contributed by atoms with Crippen LogP contribution in [0.1, 0.15) is 41.4 Å². The molecule has 2 aliphatic rings. The first-order valence-corrected chi connectivity index (χ1v) is 8.57. The van der Waals surface area contributed by atoms with E-state index in [1.165, 1.54) is 11.3 Å². The van der Waals surface area contributed by atoms with Gasteiger partial charge in [0, 0.05) is 31.5 Å². The molecule has 1 saturated heterocycles. The first-order valence-electron chi connectivity index (χ1n) is 7.69. The lowest BCUT2D eigenvalue weighted by Crippen LogP contribution is -2.62. The van der Waals surface area contributed by atoms with Crippen LogP contribution in [0.15, 0.2) is 11.4 Å². The van der Waals surface area contributed by atoms with E-state index < -0.39 is 0 Å². The van der Waals surface area contributed by atoms with Crippen LogP contribution in [0.4, 0.5) is 0 Å². The number of carbonyl (C=O) groups is 1. The van der Waals surface area contributed by atoms with E-state index in [0.29, 0.717) is 36.6 Å². The normalized spacial score (nSPS) is 26.5. The number of aliphatic hydroxyl groups is 1. The Bertz CT molecular complexity index is 597. The summed E-state index contributed by atoms with van der Waals surface area (Å²) >= 11 is 1.32. The van der Waals surface area contributed by atoms with Gasteiger partial charge in [0.2, 0.25) is 0 Å². The van der Waals surface area contributed by atoms with E-state index in [2.05, 4.69) is 6.07 Å². The Morgan fingerprint density at radius 1 is 1.59 bits per heavy atom. The van der Waals surface area contributed by atoms with Gasteiger partial charge in [0.05, 0.1) is 17.8 Å². The van der Waals surface area contributed by atoms with Crippen molar-refractivity contribution in [2.75, 3.05) is 19.7 Å². The smallest absolute Gasteiger partial charge is 0.265 e. The summed E-state index contributed by atoms with van der Waals surface area (Å²) in [5.74, 6) is -0.0665. The highest BCUT2D eigenvalue weighted by Gasteiger charge is 2.56. The molecule has 118 valence electrons. The second-order valence-corrected chi connectivity index (χ2v) is 6.91. The zero-order valence-corrected chi connectivity index (χ0v) is 13.4. The average molecular weight is 320 g/mol. The largest absolute Gasteiger partial charge is 0.392 e. The summed E-state index contributed by atoms with van der Waals surface area (Å²) in [6, 6.07) is 3.75. The first kappa shape index (κ1) is 15.5. The number of rotatable bonds is 3. The molecular weight excluding hydrogens is 300 g/mol. The van der Waals surface area contributed by atoms with E-state index in [4.69, 9.17) is 10.00 Å². The number of piperidine rings is 1. The quantitative estimate of drug-likeness (QED) is 0.924.